The Morgan fingerprint density at radius 3 is 2.75 bits per heavy atom. The summed E-state index contributed by atoms with van der Waals surface area (Å²) >= 11 is 2.99. The smallest absolute Gasteiger partial charge is 0.153 e. The summed E-state index contributed by atoms with van der Waals surface area (Å²) in [6, 6.07) is 4.13. The van der Waals surface area contributed by atoms with E-state index in [1.165, 1.54) is 6.07 Å². The zero-order chi connectivity index (χ0) is 9.14. The highest BCUT2D eigenvalue weighted by atomic mass is 79.9. The second-order valence-electron chi connectivity index (χ2n) is 2.08. The Kier molecular flexibility index (Phi) is 2.56. The van der Waals surface area contributed by atoms with Crippen molar-refractivity contribution in [2.24, 2.45) is 0 Å². The van der Waals surface area contributed by atoms with Crippen molar-refractivity contribution in [1.29, 1.82) is 5.26 Å². The van der Waals surface area contributed by atoms with Crippen molar-refractivity contribution in [3.63, 3.8) is 0 Å². The number of halogens is 2. The van der Waals surface area contributed by atoms with E-state index in [0.29, 0.717) is 10.8 Å². The first-order valence-electron chi connectivity index (χ1n) is 3.03. The summed E-state index contributed by atoms with van der Waals surface area (Å²) in [6.07, 6.45) is 0.378. The minimum atomic E-state index is -0.629. The summed E-state index contributed by atoms with van der Waals surface area (Å²) in [4.78, 5) is 10.2. The molecule has 1 aromatic rings. The zero-order valence-corrected chi connectivity index (χ0v) is 7.43. The fraction of sp³-hybridized carbons (Fsp3) is 0. The van der Waals surface area contributed by atoms with Crippen molar-refractivity contribution in [2.45, 2.75) is 0 Å². The van der Waals surface area contributed by atoms with Gasteiger partial charge in [0.05, 0.1) is 11.1 Å². The van der Waals surface area contributed by atoms with Gasteiger partial charge in [0, 0.05) is 4.47 Å². The Hall–Kier alpha value is -1.21. The van der Waals surface area contributed by atoms with E-state index in [4.69, 9.17) is 5.26 Å². The summed E-state index contributed by atoms with van der Waals surface area (Å²) in [5, 5.41) is 8.51. The number of carbonyl (C=O) groups excluding carboxylic acids is 1. The van der Waals surface area contributed by atoms with Gasteiger partial charge in [-0.15, -0.1) is 0 Å². The molecule has 1 rings (SSSR count). The molecule has 0 atom stereocenters. The molecule has 0 N–H and O–H groups in total. The van der Waals surface area contributed by atoms with Crippen molar-refractivity contribution >= 4 is 22.2 Å². The van der Waals surface area contributed by atoms with Gasteiger partial charge < -0.3 is 0 Å². The van der Waals surface area contributed by atoms with Gasteiger partial charge in [-0.05, 0) is 28.1 Å². The summed E-state index contributed by atoms with van der Waals surface area (Å²) < 4.78 is 13.2. The molecular formula is C8H3BrFNO. The molecule has 0 bridgehead atoms. The van der Waals surface area contributed by atoms with Gasteiger partial charge in [0.2, 0.25) is 0 Å². The number of rotatable bonds is 1. The van der Waals surface area contributed by atoms with Crippen molar-refractivity contribution < 1.29 is 9.18 Å². The van der Waals surface area contributed by atoms with Gasteiger partial charge in [-0.2, -0.15) is 5.26 Å². The molecule has 0 aliphatic carbocycles. The van der Waals surface area contributed by atoms with Gasteiger partial charge in [-0.25, -0.2) is 4.39 Å². The maximum atomic E-state index is 12.8. The van der Waals surface area contributed by atoms with Crippen molar-refractivity contribution in [3.05, 3.63) is 33.5 Å². The normalized spacial score (nSPS) is 9.08. The summed E-state index contributed by atoms with van der Waals surface area (Å²) in [5.74, 6) is -0.629. The minimum absolute atomic E-state index is 0.102. The lowest BCUT2D eigenvalue weighted by atomic mass is 10.1. The topological polar surface area (TPSA) is 40.9 Å². The van der Waals surface area contributed by atoms with E-state index in [2.05, 4.69) is 15.9 Å². The number of nitrogens with zero attached hydrogens (tertiary/aromatic N) is 1. The molecule has 0 radical (unpaired) electrons. The predicted molar refractivity (Wildman–Crippen MR) is 44.2 cm³/mol. The quantitative estimate of drug-likeness (QED) is 0.691. The number of carbonyl (C=O) groups is 1. The number of nitriles is 1. The Morgan fingerprint density at radius 1 is 1.58 bits per heavy atom. The third kappa shape index (κ3) is 1.51. The predicted octanol–water partition coefficient (Wildman–Crippen LogP) is 2.27. The first kappa shape index (κ1) is 8.88. The van der Waals surface area contributed by atoms with Gasteiger partial charge >= 0.3 is 0 Å². The lowest BCUT2D eigenvalue weighted by molar-refractivity contribution is 0.112. The van der Waals surface area contributed by atoms with Crippen LogP contribution in [-0.4, -0.2) is 6.29 Å². The Morgan fingerprint density at radius 2 is 2.25 bits per heavy atom. The Bertz CT molecular complexity index is 370. The van der Waals surface area contributed by atoms with Gasteiger partial charge in [0.1, 0.15) is 11.9 Å². The lowest BCUT2D eigenvalue weighted by Crippen LogP contribution is -1.90. The molecule has 0 saturated carbocycles. The van der Waals surface area contributed by atoms with Crippen LogP contribution in [0.15, 0.2) is 16.6 Å². The maximum absolute atomic E-state index is 12.8. The standard InChI is InChI=1S/C8H3BrFNO/c9-7-2-8(10)6(4-12)1-5(7)3-11/h1-2,4H. The molecule has 12 heavy (non-hydrogen) atoms. The van der Waals surface area contributed by atoms with Crippen LogP contribution < -0.4 is 0 Å². The molecule has 0 heterocycles. The number of hydrogen-bond acceptors (Lipinski definition) is 2. The molecule has 4 heteroatoms. The molecule has 0 saturated heterocycles. The second-order valence-corrected chi connectivity index (χ2v) is 2.94. The van der Waals surface area contributed by atoms with E-state index in [9.17, 15) is 9.18 Å². The molecule has 0 fully saturated rings. The SMILES string of the molecule is N#Cc1cc(C=O)c(F)cc1Br. The third-order valence-electron chi connectivity index (χ3n) is 1.33. The molecule has 0 aromatic heterocycles. The highest BCUT2D eigenvalue weighted by molar-refractivity contribution is 9.10. The minimum Gasteiger partial charge on any atom is -0.298 e. The van der Waals surface area contributed by atoms with Crippen LogP contribution in [0, 0.1) is 17.1 Å². The number of aldehydes is 1. The van der Waals surface area contributed by atoms with Crippen LogP contribution >= 0.6 is 15.9 Å². The van der Waals surface area contributed by atoms with E-state index in [0.717, 1.165) is 6.07 Å². The highest BCUT2D eigenvalue weighted by Gasteiger charge is 2.06. The molecule has 0 aliphatic rings. The molecule has 0 unspecified atom stereocenters. The Labute approximate surface area is 76.7 Å². The van der Waals surface area contributed by atoms with Crippen LogP contribution in [0.3, 0.4) is 0 Å². The van der Waals surface area contributed by atoms with E-state index >= 15 is 0 Å². The van der Waals surface area contributed by atoms with E-state index in [1.54, 1.807) is 0 Å². The third-order valence-corrected chi connectivity index (χ3v) is 1.99. The fourth-order valence-electron chi connectivity index (χ4n) is 0.742. The van der Waals surface area contributed by atoms with Crippen LogP contribution in [0.1, 0.15) is 15.9 Å². The number of hydrogen-bond donors (Lipinski definition) is 0. The van der Waals surface area contributed by atoms with Crippen LogP contribution in [0.4, 0.5) is 4.39 Å². The van der Waals surface area contributed by atoms with Crippen molar-refractivity contribution in [3.8, 4) is 6.07 Å². The Balaban J connectivity index is 3.39. The second kappa shape index (κ2) is 3.46. The largest absolute Gasteiger partial charge is 0.298 e. The highest BCUT2D eigenvalue weighted by Crippen LogP contribution is 2.19. The molecule has 0 spiro atoms. The molecular weight excluding hydrogens is 225 g/mol. The van der Waals surface area contributed by atoms with E-state index in [-0.39, 0.29) is 11.1 Å². The van der Waals surface area contributed by atoms with E-state index in [1.807, 2.05) is 6.07 Å². The van der Waals surface area contributed by atoms with Gasteiger partial charge in [-0.1, -0.05) is 0 Å². The molecule has 0 aliphatic heterocycles. The first-order chi connectivity index (χ1) is 5.69. The summed E-state index contributed by atoms with van der Waals surface area (Å²) in [7, 11) is 0. The number of benzene rings is 1. The molecule has 0 amide bonds. The maximum Gasteiger partial charge on any atom is 0.153 e. The van der Waals surface area contributed by atoms with Crippen LogP contribution in [0.25, 0.3) is 0 Å². The monoisotopic (exact) mass is 227 g/mol. The lowest BCUT2D eigenvalue weighted by Gasteiger charge is -1.97. The van der Waals surface area contributed by atoms with E-state index < -0.39 is 5.82 Å². The molecule has 2 nitrogen and oxygen atoms in total. The van der Waals surface area contributed by atoms with Crippen LogP contribution in [0.2, 0.25) is 0 Å². The zero-order valence-electron chi connectivity index (χ0n) is 5.84. The summed E-state index contributed by atoms with van der Waals surface area (Å²) in [5.41, 5.74) is 0.147. The fourth-order valence-corrected chi connectivity index (χ4v) is 1.15. The molecule has 60 valence electrons. The van der Waals surface area contributed by atoms with Crippen molar-refractivity contribution in [1.82, 2.24) is 0 Å². The van der Waals surface area contributed by atoms with Gasteiger partial charge in [0.15, 0.2) is 6.29 Å². The van der Waals surface area contributed by atoms with Gasteiger partial charge in [-0.3, -0.25) is 4.79 Å². The van der Waals surface area contributed by atoms with Crippen LogP contribution in [0.5, 0.6) is 0 Å². The first-order valence-corrected chi connectivity index (χ1v) is 3.82. The van der Waals surface area contributed by atoms with Gasteiger partial charge in [0.25, 0.3) is 0 Å². The average molecular weight is 228 g/mol. The van der Waals surface area contributed by atoms with Crippen molar-refractivity contribution in [2.75, 3.05) is 0 Å². The summed E-state index contributed by atoms with van der Waals surface area (Å²) in [6.45, 7) is 0. The van der Waals surface area contributed by atoms with Crippen LogP contribution in [-0.2, 0) is 0 Å². The average Bonchev–Trinajstić information content (AvgIpc) is 2.05. The molecule has 1 aromatic carbocycles.